The Hall–Kier alpha value is -3.45. The zero-order valence-corrected chi connectivity index (χ0v) is 14.3. The minimum atomic E-state index is 0.0454. The number of carbonyl (C=O) groups excluding carboxylic acids is 1. The van der Waals surface area contributed by atoms with Crippen molar-refractivity contribution in [2.75, 3.05) is 0 Å². The minimum absolute atomic E-state index is 0.0454. The molecule has 0 atom stereocenters. The zero-order valence-electron chi connectivity index (χ0n) is 14.3. The van der Waals surface area contributed by atoms with E-state index in [1.807, 2.05) is 84.9 Å². The Morgan fingerprint density at radius 3 is 1.65 bits per heavy atom. The molecule has 4 aromatic carbocycles. The summed E-state index contributed by atoms with van der Waals surface area (Å²) in [6, 6.07) is 35.8. The Kier molecular flexibility index (Phi) is 4.44. The predicted octanol–water partition coefficient (Wildman–Crippen LogP) is 6.25. The van der Waals surface area contributed by atoms with E-state index in [-0.39, 0.29) is 5.78 Å². The van der Waals surface area contributed by atoms with Crippen molar-refractivity contribution < 1.29 is 4.79 Å². The lowest BCUT2D eigenvalue weighted by Gasteiger charge is -2.14. The van der Waals surface area contributed by atoms with E-state index in [2.05, 4.69) is 24.3 Å². The van der Waals surface area contributed by atoms with Crippen molar-refractivity contribution in [2.24, 2.45) is 0 Å². The first-order valence-corrected chi connectivity index (χ1v) is 8.68. The molecule has 0 amide bonds. The maximum absolute atomic E-state index is 13.1. The molecule has 0 aliphatic rings. The molecule has 0 unspecified atom stereocenters. The normalized spacial score (nSPS) is 10.5. The molecule has 0 spiro atoms. The zero-order chi connectivity index (χ0) is 17.8. The first kappa shape index (κ1) is 16.0. The van der Waals surface area contributed by atoms with Crippen LogP contribution in [0.5, 0.6) is 0 Å². The topological polar surface area (TPSA) is 17.1 Å². The smallest absolute Gasteiger partial charge is 0.193 e. The Bertz CT molecular complexity index is 1030. The molecule has 0 radical (unpaired) electrons. The molecule has 0 aliphatic heterocycles. The average Bonchev–Trinajstić information content (AvgIpc) is 2.74. The summed E-state index contributed by atoms with van der Waals surface area (Å²) in [5, 5.41) is 0. The molecular formula is C25H18O. The molecule has 4 rings (SSSR count). The molecule has 0 fully saturated rings. The van der Waals surface area contributed by atoms with E-state index in [1.54, 1.807) is 0 Å². The van der Waals surface area contributed by atoms with Gasteiger partial charge in [0.05, 0.1) is 0 Å². The van der Waals surface area contributed by atoms with E-state index >= 15 is 0 Å². The van der Waals surface area contributed by atoms with Gasteiger partial charge in [-0.3, -0.25) is 4.79 Å². The van der Waals surface area contributed by atoms with E-state index < -0.39 is 0 Å². The van der Waals surface area contributed by atoms with Crippen LogP contribution < -0.4 is 0 Å². The Labute approximate surface area is 153 Å². The molecule has 0 heterocycles. The fourth-order valence-corrected chi connectivity index (χ4v) is 3.25. The lowest BCUT2D eigenvalue weighted by molar-refractivity contribution is 0.103. The van der Waals surface area contributed by atoms with E-state index in [4.69, 9.17) is 0 Å². The maximum Gasteiger partial charge on any atom is 0.193 e. The second-order valence-corrected chi connectivity index (χ2v) is 6.15. The summed E-state index contributed by atoms with van der Waals surface area (Å²) in [7, 11) is 0. The molecule has 0 saturated heterocycles. The van der Waals surface area contributed by atoms with Gasteiger partial charge in [-0.15, -0.1) is 0 Å². The Balaban J connectivity index is 1.88. The van der Waals surface area contributed by atoms with Crippen molar-refractivity contribution in [2.45, 2.75) is 0 Å². The van der Waals surface area contributed by atoms with Crippen LogP contribution in [0, 0.1) is 0 Å². The third-order valence-electron chi connectivity index (χ3n) is 4.51. The monoisotopic (exact) mass is 334 g/mol. The summed E-state index contributed by atoms with van der Waals surface area (Å²) in [5.41, 5.74) is 5.73. The molecule has 0 bridgehead atoms. The van der Waals surface area contributed by atoms with Crippen LogP contribution in [0.1, 0.15) is 15.9 Å². The van der Waals surface area contributed by atoms with Crippen LogP contribution in [-0.4, -0.2) is 5.78 Å². The highest BCUT2D eigenvalue weighted by Gasteiger charge is 2.16. The molecular weight excluding hydrogens is 316 g/mol. The van der Waals surface area contributed by atoms with Crippen molar-refractivity contribution in [3.05, 3.63) is 120 Å². The lowest BCUT2D eigenvalue weighted by Crippen LogP contribution is -2.03. The summed E-state index contributed by atoms with van der Waals surface area (Å²) in [5.74, 6) is 0.0454. The summed E-state index contributed by atoms with van der Waals surface area (Å²) in [6.45, 7) is 0. The molecule has 1 nitrogen and oxygen atoms in total. The second kappa shape index (κ2) is 7.20. The van der Waals surface area contributed by atoms with Crippen LogP contribution in [0.25, 0.3) is 22.3 Å². The van der Waals surface area contributed by atoms with Gasteiger partial charge in [0, 0.05) is 11.1 Å². The Morgan fingerprint density at radius 2 is 0.962 bits per heavy atom. The van der Waals surface area contributed by atoms with Gasteiger partial charge >= 0.3 is 0 Å². The third-order valence-corrected chi connectivity index (χ3v) is 4.51. The first-order valence-electron chi connectivity index (χ1n) is 8.68. The van der Waals surface area contributed by atoms with Gasteiger partial charge in [0.2, 0.25) is 0 Å². The van der Waals surface area contributed by atoms with Gasteiger partial charge in [-0.05, 0) is 22.3 Å². The van der Waals surface area contributed by atoms with Crippen LogP contribution in [0.3, 0.4) is 0 Å². The lowest BCUT2D eigenvalue weighted by atomic mass is 9.89. The highest BCUT2D eigenvalue weighted by molar-refractivity contribution is 6.13. The van der Waals surface area contributed by atoms with Crippen LogP contribution >= 0.6 is 0 Å². The second-order valence-electron chi connectivity index (χ2n) is 6.15. The van der Waals surface area contributed by atoms with E-state index in [0.29, 0.717) is 5.56 Å². The van der Waals surface area contributed by atoms with Crippen molar-refractivity contribution in [3.63, 3.8) is 0 Å². The largest absolute Gasteiger partial charge is 0.289 e. The standard InChI is InChI=1S/C25H18O/c26-25(20-13-5-2-6-14-20)24-18-10-9-17-23(24)22-16-8-7-15-21(22)19-11-3-1-4-12-19/h1-18H. The number of carbonyl (C=O) groups is 1. The number of hydrogen-bond donors (Lipinski definition) is 0. The Morgan fingerprint density at radius 1 is 0.462 bits per heavy atom. The summed E-state index contributed by atoms with van der Waals surface area (Å²) >= 11 is 0. The molecule has 0 aliphatic carbocycles. The maximum atomic E-state index is 13.1. The molecule has 0 saturated carbocycles. The highest BCUT2D eigenvalue weighted by atomic mass is 16.1. The van der Waals surface area contributed by atoms with Crippen LogP contribution in [0.15, 0.2) is 109 Å². The molecule has 0 aromatic heterocycles. The van der Waals surface area contributed by atoms with Crippen molar-refractivity contribution in [1.29, 1.82) is 0 Å². The van der Waals surface area contributed by atoms with Gasteiger partial charge in [0.25, 0.3) is 0 Å². The van der Waals surface area contributed by atoms with Gasteiger partial charge in [-0.25, -0.2) is 0 Å². The fourth-order valence-electron chi connectivity index (χ4n) is 3.25. The number of ketones is 1. The van der Waals surface area contributed by atoms with Crippen molar-refractivity contribution >= 4 is 5.78 Å². The predicted molar refractivity (Wildman–Crippen MR) is 107 cm³/mol. The molecule has 26 heavy (non-hydrogen) atoms. The quantitative estimate of drug-likeness (QED) is 0.403. The van der Waals surface area contributed by atoms with Gasteiger partial charge in [0.15, 0.2) is 5.78 Å². The third kappa shape index (κ3) is 3.07. The van der Waals surface area contributed by atoms with Crippen molar-refractivity contribution in [3.8, 4) is 22.3 Å². The SMILES string of the molecule is O=C(c1ccccc1)c1ccccc1-c1ccccc1-c1ccccc1. The van der Waals surface area contributed by atoms with Gasteiger partial charge in [0.1, 0.15) is 0 Å². The minimum Gasteiger partial charge on any atom is -0.289 e. The average molecular weight is 334 g/mol. The van der Waals surface area contributed by atoms with Gasteiger partial charge in [-0.2, -0.15) is 0 Å². The van der Waals surface area contributed by atoms with Crippen molar-refractivity contribution in [1.82, 2.24) is 0 Å². The number of rotatable bonds is 4. The van der Waals surface area contributed by atoms with E-state index in [0.717, 1.165) is 27.8 Å². The van der Waals surface area contributed by atoms with Gasteiger partial charge < -0.3 is 0 Å². The molecule has 1 heteroatoms. The van der Waals surface area contributed by atoms with E-state index in [9.17, 15) is 4.79 Å². The molecule has 4 aromatic rings. The highest BCUT2D eigenvalue weighted by Crippen LogP contribution is 2.34. The number of benzene rings is 4. The molecule has 124 valence electrons. The van der Waals surface area contributed by atoms with Crippen LogP contribution in [0.2, 0.25) is 0 Å². The summed E-state index contributed by atoms with van der Waals surface area (Å²) in [4.78, 5) is 13.1. The summed E-state index contributed by atoms with van der Waals surface area (Å²) in [6.07, 6.45) is 0. The molecule has 0 N–H and O–H groups in total. The van der Waals surface area contributed by atoms with Gasteiger partial charge in [-0.1, -0.05) is 109 Å². The number of hydrogen-bond acceptors (Lipinski definition) is 1. The van der Waals surface area contributed by atoms with Crippen LogP contribution in [0.4, 0.5) is 0 Å². The first-order chi connectivity index (χ1) is 12.8. The van der Waals surface area contributed by atoms with E-state index in [1.165, 1.54) is 0 Å². The fraction of sp³-hybridized carbons (Fsp3) is 0. The van der Waals surface area contributed by atoms with Crippen LogP contribution in [-0.2, 0) is 0 Å². The summed E-state index contributed by atoms with van der Waals surface area (Å²) < 4.78 is 0.